The molecule has 0 aromatic carbocycles. The lowest BCUT2D eigenvalue weighted by atomic mass is 9.47. The van der Waals surface area contributed by atoms with Crippen LogP contribution in [0, 0.1) is 40.4 Å². The van der Waals surface area contributed by atoms with Gasteiger partial charge < -0.3 is 115 Å². The van der Waals surface area contributed by atoms with E-state index in [1.165, 1.54) is 27.7 Å². The van der Waals surface area contributed by atoms with Crippen LogP contribution in [0.2, 0.25) is 0 Å². The van der Waals surface area contributed by atoms with E-state index in [0.717, 1.165) is 12.0 Å². The van der Waals surface area contributed by atoms with Gasteiger partial charge in [-0.25, -0.2) is 4.18 Å². The summed E-state index contributed by atoms with van der Waals surface area (Å²) < 4.78 is 101. The Kier molecular flexibility index (Phi) is 21.6. The molecule has 28 nitrogen and oxygen atoms in total. The average molecular weight is 1250 g/mol. The number of hydrogen-bond acceptors (Lipinski definition) is 27. The first-order chi connectivity index (χ1) is 39.1. The third-order valence-electron chi connectivity index (χ3n) is 20.3. The highest BCUT2D eigenvalue weighted by Crippen LogP contribution is 2.67. The summed E-state index contributed by atoms with van der Waals surface area (Å²) in [5.74, 6) is -0.738. The van der Waals surface area contributed by atoms with Crippen molar-refractivity contribution in [1.82, 2.24) is 6.15 Å². The second kappa shape index (κ2) is 26.5. The van der Waals surface area contributed by atoms with Crippen molar-refractivity contribution in [3.8, 4) is 0 Å². The number of hydrogen-bond donors (Lipinski definition) is 14. The van der Waals surface area contributed by atoms with Gasteiger partial charge in [-0.3, -0.25) is 9.35 Å². The normalized spacial score (nSPS) is 51.1. The van der Waals surface area contributed by atoms with Crippen LogP contribution < -0.4 is 6.15 Å². The maximum Gasteiger partial charge on any atom is 0.397 e. The SMILES string of the molecule is CC(C)CC(=O)C[C@@](C)(O)[C@H]1CC[C@H]2[C@@H]3C[C@H](OC4O[C@H](C)[C@@H](O)[C@H](OC5OC[C@@H](OC6O[C@H](C)[C@@H](O)[C@H](O)[C@H]6OC6O[C@H](C)[C@H](O)[C@H](O)[C@H]6O)[C@H](O)[C@H]5OC5O[C@H](C)[C@@H](O)[C@H](O)[C@H]5O)[C@H]4O)[C@H]4C[C@@H](OS(=O)(=O)O)CC[C@]4(C)C3=CC[C@@]21C.N. The van der Waals surface area contributed by atoms with Crippen LogP contribution in [-0.2, 0) is 66.7 Å². The number of rotatable bonds is 17. The van der Waals surface area contributed by atoms with Crippen LogP contribution in [0.4, 0.5) is 0 Å². The highest BCUT2D eigenvalue weighted by Gasteiger charge is 2.64. The number of aliphatic hydroxyl groups excluding tert-OH is 11. The van der Waals surface area contributed by atoms with Crippen molar-refractivity contribution < 1.29 is 131 Å². The minimum absolute atomic E-state index is 0. The van der Waals surface area contributed by atoms with Crippen LogP contribution in [-0.4, -0.2) is 252 Å². The van der Waals surface area contributed by atoms with Gasteiger partial charge in [0.25, 0.3) is 0 Å². The minimum Gasteiger partial charge on any atom is -0.389 e. The lowest BCUT2D eigenvalue weighted by Gasteiger charge is -2.60. The van der Waals surface area contributed by atoms with E-state index in [1.54, 1.807) is 6.92 Å². The van der Waals surface area contributed by atoms with Crippen molar-refractivity contribution in [2.24, 2.45) is 40.4 Å². The monoisotopic (exact) mass is 1250 g/mol. The number of allylic oxidation sites excluding steroid dienone is 2. The first-order valence-corrected chi connectivity index (χ1v) is 31.1. The third-order valence-corrected chi connectivity index (χ3v) is 20.8. The summed E-state index contributed by atoms with van der Waals surface area (Å²) in [6.07, 6.45) is -35.2. The van der Waals surface area contributed by atoms with E-state index in [1.807, 2.05) is 13.8 Å². The van der Waals surface area contributed by atoms with E-state index < -0.39 is 199 Å². The van der Waals surface area contributed by atoms with Crippen LogP contribution >= 0.6 is 0 Å². The van der Waals surface area contributed by atoms with E-state index in [2.05, 4.69) is 19.9 Å². The van der Waals surface area contributed by atoms with Gasteiger partial charge in [0.2, 0.25) is 0 Å². The molecule has 0 aromatic rings. The number of Topliss-reactive ketones (excluding diaryl/α,β-unsaturated/α-hetero) is 1. The number of ether oxygens (including phenoxy) is 10. The Balaban J connectivity index is 0.00000940. The second-order valence-electron chi connectivity index (χ2n) is 26.7. The zero-order valence-corrected chi connectivity index (χ0v) is 50.5. The van der Waals surface area contributed by atoms with E-state index >= 15 is 0 Å². The van der Waals surface area contributed by atoms with E-state index in [-0.39, 0.29) is 54.9 Å². The smallest absolute Gasteiger partial charge is 0.389 e. The van der Waals surface area contributed by atoms with Crippen LogP contribution in [0.15, 0.2) is 11.6 Å². The van der Waals surface area contributed by atoms with Crippen LogP contribution in [0.3, 0.4) is 0 Å². The minimum atomic E-state index is -4.87. The molecule has 0 amide bonds. The molecule has 16 N–H and O–H groups in total. The first-order valence-electron chi connectivity index (χ1n) is 29.7. The molecule has 5 heterocycles. The molecule has 4 aliphatic carbocycles. The zero-order chi connectivity index (χ0) is 61.6. The number of fused-ring (bicyclic) bond motifs is 5. The van der Waals surface area contributed by atoms with E-state index in [0.29, 0.717) is 32.1 Å². The molecule has 0 spiro atoms. The average Bonchev–Trinajstić information content (AvgIpc) is 1.74. The van der Waals surface area contributed by atoms with Gasteiger partial charge in [0.05, 0.1) is 48.8 Å². The molecule has 5 saturated heterocycles. The summed E-state index contributed by atoms with van der Waals surface area (Å²) in [5, 5.41) is 135. The predicted octanol–water partition coefficient (Wildman–Crippen LogP) is -1.49. The summed E-state index contributed by atoms with van der Waals surface area (Å²) in [6.45, 7) is 15.0. The van der Waals surface area contributed by atoms with Crippen LogP contribution in [0.5, 0.6) is 0 Å². The highest BCUT2D eigenvalue weighted by atomic mass is 32.3. The maximum absolute atomic E-state index is 13.2. The molecular formula is C56H95NO27S. The van der Waals surface area contributed by atoms with E-state index in [4.69, 9.17) is 51.6 Å². The van der Waals surface area contributed by atoms with Gasteiger partial charge in [0.15, 0.2) is 31.5 Å². The summed E-state index contributed by atoms with van der Waals surface area (Å²) in [7, 11) is -4.87. The molecule has 492 valence electrons. The van der Waals surface area contributed by atoms with Crippen LogP contribution in [0.25, 0.3) is 0 Å². The number of ketones is 1. The van der Waals surface area contributed by atoms with Gasteiger partial charge in [-0.05, 0) is 120 Å². The quantitative estimate of drug-likeness (QED) is 0.0583. The Bertz CT molecular complexity index is 2410. The Morgan fingerprint density at radius 2 is 1.13 bits per heavy atom. The van der Waals surface area contributed by atoms with Crippen molar-refractivity contribution in [2.75, 3.05) is 6.61 Å². The molecule has 9 rings (SSSR count). The molecule has 0 aromatic heterocycles. The Hall–Kier alpha value is -1.64. The Morgan fingerprint density at radius 1 is 0.624 bits per heavy atom. The fourth-order valence-corrected chi connectivity index (χ4v) is 16.2. The van der Waals surface area contributed by atoms with Gasteiger partial charge >= 0.3 is 10.4 Å². The molecule has 0 radical (unpaired) electrons. The second-order valence-corrected chi connectivity index (χ2v) is 27.7. The summed E-state index contributed by atoms with van der Waals surface area (Å²) >= 11 is 0. The molecule has 0 bridgehead atoms. The van der Waals surface area contributed by atoms with Crippen molar-refractivity contribution in [1.29, 1.82) is 0 Å². The molecule has 29 heteroatoms. The van der Waals surface area contributed by atoms with Gasteiger partial charge in [0.1, 0.15) is 97.3 Å². The lowest BCUT2D eigenvalue weighted by Crippen LogP contribution is -2.66. The van der Waals surface area contributed by atoms with Crippen molar-refractivity contribution >= 4 is 16.2 Å². The third kappa shape index (κ3) is 13.8. The standard InChI is InChI=1S/C56H92O27S.H3N/c1-21(2)16-26(57)19-56(9,69)34-11-10-29-28-18-32(31-17-27(83-84(70,71)72)12-14-54(31,7)30(28)13-15-55(29,34)8)78-51-45(68)46(38(61)25(6)76-51)80-52-47(81-49-43(66)40(63)35(58)22(3)74-49)39(62)33(20-73-52)79-53-48(42(65)37(60)24(5)77-53)82-50-44(67)41(64)36(59)23(4)75-50;/h13,21-25,27-29,31-53,58-69H,10-12,14-20H2,1-9H3,(H,70,71,72);1H3/t22-,23-,24-,25-,27+,28+,29+,31-,32+,33-,34+,35-,36+,37-,38-,39+,40+,41+,42+,43-,44-,45-,46+,47-,48-,49?,50?,51?,52?,53?,54-,55+,56-;/m1./s1. The van der Waals surface area contributed by atoms with Crippen molar-refractivity contribution in [2.45, 2.75) is 285 Å². The highest BCUT2D eigenvalue weighted by molar-refractivity contribution is 7.80. The van der Waals surface area contributed by atoms with Crippen LogP contribution in [0.1, 0.15) is 120 Å². The largest absolute Gasteiger partial charge is 0.397 e. The summed E-state index contributed by atoms with van der Waals surface area (Å²) in [4.78, 5) is 13.2. The van der Waals surface area contributed by atoms with Crippen molar-refractivity contribution in [3.63, 3.8) is 0 Å². The first kappa shape index (κ1) is 69.3. The van der Waals surface area contributed by atoms with Gasteiger partial charge in [0, 0.05) is 12.8 Å². The zero-order valence-electron chi connectivity index (χ0n) is 49.7. The Labute approximate surface area is 495 Å². The predicted molar refractivity (Wildman–Crippen MR) is 289 cm³/mol. The maximum atomic E-state index is 13.2. The fourth-order valence-electron chi connectivity index (χ4n) is 15.7. The van der Waals surface area contributed by atoms with Gasteiger partial charge in [-0.15, -0.1) is 0 Å². The molecular weight excluding hydrogens is 1150 g/mol. The molecule has 8 fully saturated rings. The molecule has 5 unspecified atom stereocenters. The Morgan fingerprint density at radius 3 is 1.69 bits per heavy atom. The summed E-state index contributed by atoms with van der Waals surface area (Å²) in [5.41, 5.74) is -1.22. The molecule has 5 aliphatic heterocycles. The van der Waals surface area contributed by atoms with Gasteiger partial charge in [-0.2, -0.15) is 8.42 Å². The van der Waals surface area contributed by atoms with Gasteiger partial charge in [-0.1, -0.05) is 39.3 Å². The number of carbonyl (C=O) groups excluding carboxylic acids is 1. The summed E-state index contributed by atoms with van der Waals surface area (Å²) in [6, 6.07) is 0. The van der Waals surface area contributed by atoms with Crippen molar-refractivity contribution in [3.05, 3.63) is 11.6 Å². The molecule has 9 aliphatic rings. The number of aliphatic hydroxyl groups is 12. The number of carbonyl (C=O) groups is 1. The molecule has 85 heavy (non-hydrogen) atoms. The fraction of sp³-hybridized carbons (Fsp3) is 0.946. The van der Waals surface area contributed by atoms with E-state index in [9.17, 15) is 79.0 Å². The lowest BCUT2D eigenvalue weighted by molar-refractivity contribution is -0.397. The molecule has 3 saturated carbocycles. The topological polar surface area (TPSA) is 451 Å². The molecule has 33 atom stereocenters.